The first-order valence-corrected chi connectivity index (χ1v) is 17.2. The van der Waals surface area contributed by atoms with Gasteiger partial charge in [0.2, 0.25) is 0 Å². The van der Waals surface area contributed by atoms with Crippen molar-refractivity contribution in [3.8, 4) is 0 Å². The van der Waals surface area contributed by atoms with Gasteiger partial charge in [0.15, 0.2) is 5.71 Å². The van der Waals surface area contributed by atoms with Gasteiger partial charge in [-0.05, 0) is 75.5 Å². The lowest BCUT2D eigenvalue weighted by Crippen LogP contribution is -2.49. The Balaban J connectivity index is 1.94. The molecule has 0 saturated carbocycles. The molecule has 0 radical (unpaired) electrons. The van der Waals surface area contributed by atoms with Crippen molar-refractivity contribution < 1.29 is 27.4 Å². The van der Waals surface area contributed by atoms with E-state index in [0.717, 1.165) is 33.7 Å². The lowest BCUT2D eigenvalue weighted by molar-refractivity contribution is -0.495. The highest BCUT2D eigenvalue weighted by Gasteiger charge is 2.40. The van der Waals surface area contributed by atoms with E-state index in [-0.39, 0.29) is 11.3 Å². The summed E-state index contributed by atoms with van der Waals surface area (Å²) in [7, 11) is -0.168. The topological polar surface area (TPSA) is 97.9 Å². The number of rotatable bonds is 7. The zero-order valence-corrected chi connectivity index (χ0v) is 24.6. The number of hydrogen-bond donors (Lipinski definition) is 2. The maximum atomic E-state index is 11.6. The maximum absolute atomic E-state index is 11.6. The summed E-state index contributed by atoms with van der Waals surface area (Å²) in [5, 5.41) is 12.1. The normalized spacial score (nSPS) is 17.5. The molecule has 1 heterocycles. The second-order valence-corrected chi connectivity index (χ2v) is 16.6. The molecule has 1 aliphatic heterocycles. The van der Waals surface area contributed by atoms with E-state index < -0.39 is 24.2 Å². The average Bonchev–Trinajstić information content (AvgIpc) is 2.83. The van der Waals surface area contributed by atoms with Gasteiger partial charge in [0.1, 0.15) is 21.7 Å². The molecule has 2 N–H and O–H groups in total. The van der Waals surface area contributed by atoms with E-state index >= 15 is 0 Å². The molecule has 0 unspecified atom stereocenters. The number of allylic oxidation sites excluding steroid dienone is 5. The lowest BCUT2D eigenvalue weighted by Gasteiger charge is -2.38. The molecule has 0 spiro atoms. The van der Waals surface area contributed by atoms with E-state index in [4.69, 9.17) is 4.55 Å². The van der Waals surface area contributed by atoms with Crippen molar-refractivity contribution >= 4 is 46.3 Å². The number of fused-ring (bicyclic) bond motifs is 2. The number of carbonyl (C=O) groups is 1. The van der Waals surface area contributed by atoms with Crippen LogP contribution in [0, 0.1) is 6.92 Å². The van der Waals surface area contributed by atoms with Crippen LogP contribution in [-0.4, -0.2) is 75.8 Å². The molecule has 2 aromatic rings. The van der Waals surface area contributed by atoms with Gasteiger partial charge in [0, 0.05) is 38.4 Å². The van der Waals surface area contributed by atoms with Crippen molar-refractivity contribution in [2.45, 2.75) is 26.4 Å². The summed E-state index contributed by atoms with van der Waals surface area (Å²) in [6.45, 7) is 7.15. The van der Waals surface area contributed by atoms with Crippen LogP contribution in [-0.2, 0) is 10.1 Å². The monoisotopic (exact) mass is 551 g/mol. The molecule has 2 aromatic carbocycles. The quantitative estimate of drug-likeness (QED) is 0.308. The van der Waals surface area contributed by atoms with Gasteiger partial charge in [-0.25, -0.2) is 9.37 Å². The lowest BCUT2D eigenvalue weighted by atomic mass is 9.87. The number of aromatic carboxylic acids is 1. The number of benzene rings is 2. The molecule has 1 aliphatic carbocycles. The highest BCUT2D eigenvalue weighted by molar-refractivity contribution is 7.85. The van der Waals surface area contributed by atoms with Gasteiger partial charge in [-0.1, -0.05) is 25.2 Å². The van der Waals surface area contributed by atoms with E-state index in [1.165, 1.54) is 15.9 Å². The second kappa shape index (κ2) is 10.1. The van der Waals surface area contributed by atoms with Gasteiger partial charge < -0.3 is 10.0 Å². The van der Waals surface area contributed by atoms with E-state index in [9.17, 15) is 18.3 Å². The molecular weight excluding hydrogens is 516 g/mol. The molecule has 2 aliphatic rings. The zero-order chi connectivity index (χ0) is 28.0. The molecule has 9 heteroatoms. The molecule has 0 atom stereocenters. The maximum Gasteiger partial charge on any atom is 0.335 e. The molecule has 0 fully saturated rings. The van der Waals surface area contributed by atoms with E-state index in [2.05, 4.69) is 54.4 Å². The predicted molar refractivity (Wildman–Crippen MR) is 156 cm³/mol. The number of aryl methyl sites for hydroxylation is 1. The Kier molecular flexibility index (Phi) is 7.40. The molecule has 0 amide bonds. The zero-order valence-electron chi connectivity index (χ0n) is 22.7. The van der Waals surface area contributed by atoms with Crippen molar-refractivity contribution in [1.82, 2.24) is 0 Å². The Hall–Kier alpha value is -3.27. The van der Waals surface area contributed by atoms with Crippen LogP contribution in [0.15, 0.2) is 65.4 Å². The number of nitrogens with zero attached hydrogens (tertiary/aromatic N) is 2. The van der Waals surface area contributed by atoms with Crippen LogP contribution >= 0.6 is 0 Å². The second-order valence-electron chi connectivity index (χ2n) is 10.8. The fourth-order valence-corrected chi connectivity index (χ4v) is 8.89. The molecule has 0 aromatic heterocycles. The summed E-state index contributed by atoms with van der Waals surface area (Å²) < 4.78 is 33.5. The SMILES string of the molecule is Cc1cc(C(=O)O)ccc1C1=C2C=C/C(=[N+](/C)CCCS(=O)(=O)O)C=C2[Si](C)(C)c2cc(N(C)C)ccc21. The highest BCUT2D eigenvalue weighted by atomic mass is 32.2. The molecule has 38 heavy (non-hydrogen) atoms. The largest absolute Gasteiger partial charge is 0.478 e. The fraction of sp³-hybridized carbons (Fsp3) is 0.310. The molecule has 7 nitrogen and oxygen atoms in total. The number of carboxylic acid groups (broad SMARTS) is 1. The third-order valence-electron chi connectivity index (χ3n) is 7.49. The fourth-order valence-electron chi connectivity index (χ4n) is 5.32. The van der Waals surface area contributed by atoms with E-state index in [1.54, 1.807) is 12.1 Å². The van der Waals surface area contributed by atoms with Gasteiger partial charge in [-0.2, -0.15) is 8.42 Å². The third kappa shape index (κ3) is 5.32. The van der Waals surface area contributed by atoms with Gasteiger partial charge >= 0.3 is 5.97 Å². The minimum atomic E-state index is -3.99. The molecule has 0 bridgehead atoms. The minimum Gasteiger partial charge on any atom is -0.478 e. The summed E-state index contributed by atoms with van der Waals surface area (Å²) in [6, 6.07) is 11.9. The molecule has 4 rings (SSSR count). The third-order valence-corrected chi connectivity index (χ3v) is 11.8. The van der Waals surface area contributed by atoms with Gasteiger partial charge in [0.25, 0.3) is 10.1 Å². The van der Waals surface area contributed by atoms with Crippen LogP contribution in [0.3, 0.4) is 0 Å². The summed E-state index contributed by atoms with van der Waals surface area (Å²) in [5.74, 6) is -1.22. The van der Waals surface area contributed by atoms with Gasteiger partial charge in [0.05, 0.1) is 11.3 Å². The molecular formula is C29H35N2O5SSi+. The van der Waals surface area contributed by atoms with Crippen molar-refractivity contribution in [2.75, 3.05) is 38.3 Å². The standard InChI is InChI=1S/C29H34N2O5SSi/c1-19-16-20(29(32)33)8-11-23(19)28-24-12-9-21(30(2)3)17-26(24)38(5,6)27-18-22(10-13-25(27)28)31(4)14-7-15-37(34,35)36/h8-13,16-18H,7,14-15H2,1-6H3,(H-,32,33,34,35,36)/p+1. The smallest absolute Gasteiger partial charge is 0.335 e. The van der Waals surface area contributed by atoms with Crippen LogP contribution in [0.25, 0.3) is 5.57 Å². The van der Waals surface area contributed by atoms with Crippen LogP contribution in [0.5, 0.6) is 0 Å². The van der Waals surface area contributed by atoms with Crippen LogP contribution in [0.2, 0.25) is 13.1 Å². The average molecular weight is 552 g/mol. The van der Waals surface area contributed by atoms with Crippen molar-refractivity contribution in [2.24, 2.45) is 0 Å². The highest BCUT2D eigenvalue weighted by Crippen LogP contribution is 2.42. The Morgan fingerprint density at radius 2 is 1.74 bits per heavy atom. The van der Waals surface area contributed by atoms with Gasteiger partial charge in [-0.3, -0.25) is 4.55 Å². The first-order chi connectivity index (χ1) is 17.7. The first-order valence-electron chi connectivity index (χ1n) is 12.6. The van der Waals surface area contributed by atoms with Gasteiger partial charge in [-0.15, -0.1) is 0 Å². The number of carboxylic acids is 1. The summed E-state index contributed by atoms with van der Waals surface area (Å²) in [4.78, 5) is 13.7. The number of anilines is 1. The summed E-state index contributed by atoms with van der Waals surface area (Å²) in [6.07, 6.45) is 6.74. The molecule has 0 saturated heterocycles. The Labute approximate surface area is 225 Å². The van der Waals surface area contributed by atoms with Crippen molar-refractivity contribution in [3.63, 3.8) is 0 Å². The minimum absolute atomic E-state index is 0.266. The van der Waals surface area contributed by atoms with Crippen LogP contribution < -0.4 is 10.1 Å². The van der Waals surface area contributed by atoms with E-state index in [0.29, 0.717) is 13.0 Å². The molecule has 200 valence electrons. The first kappa shape index (κ1) is 27.8. The number of hydrogen-bond acceptors (Lipinski definition) is 4. The Morgan fingerprint density at radius 1 is 1.05 bits per heavy atom. The summed E-state index contributed by atoms with van der Waals surface area (Å²) >= 11 is 0. The Morgan fingerprint density at radius 3 is 2.34 bits per heavy atom. The van der Waals surface area contributed by atoms with Crippen LogP contribution in [0.1, 0.15) is 33.5 Å². The van der Waals surface area contributed by atoms with Crippen LogP contribution in [0.4, 0.5) is 5.69 Å². The summed E-state index contributed by atoms with van der Waals surface area (Å²) in [5.41, 5.74) is 7.72. The predicted octanol–water partition coefficient (Wildman–Crippen LogP) is 3.89. The van der Waals surface area contributed by atoms with E-state index in [1.807, 2.05) is 38.7 Å². The Bertz CT molecular complexity index is 1560. The van der Waals surface area contributed by atoms with Crippen molar-refractivity contribution in [1.29, 1.82) is 0 Å². The van der Waals surface area contributed by atoms with Crippen molar-refractivity contribution in [3.05, 3.63) is 87.6 Å².